The number of aromatic nitrogens is 2. The Morgan fingerprint density at radius 1 is 0.857 bits per heavy atom. The molecule has 0 radical (unpaired) electrons. The van der Waals surface area contributed by atoms with Crippen molar-refractivity contribution in [2.75, 3.05) is 22.1 Å². The lowest BCUT2D eigenvalue weighted by molar-refractivity contribution is -0.116. The van der Waals surface area contributed by atoms with Gasteiger partial charge < -0.3 is 10.6 Å². The van der Waals surface area contributed by atoms with Crippen molar-refractivity contribution in [2.45, 2.75) is 47.0 Å². The standard InChI is InChI=1S/C27H34N4O3S/c1-18-16-19(2)25(20(3)17-18)28-23(32)12-9-14-35-15-13-24(33)29-26-21(4)30(5)31(27(26)34)22-10-7-6-8-11-22/h6-8,10-11,16-17H,9,12-15H2,1-5H3,(H,28,32)(H,29,33). The van der Waals surface area contributed by atoms with Crippen molar-refractivity contribution >= 4 is 35.0 Å². The SMILES string of the molecule is Cc1cc(C)c(NC(=O)CCCSCCC(=O)Nc2c(C)n(C)n(-c3ccccc3)c2=O)c(C)c1. The summed E-state index contributed by atoms with van der Waals surface area (Å²) in [5, 5.41) is 5.81. The van der Waals surface area contributed by atoms with E-state index in [2.05, 4.69) is 22.8 Å². The number of thioether (sulfide) groups is 1. The Balaban J connectivity index is 1.42. The summed E-state index contributed by atoms with van der Waals surface area (Å²) in [7, 11) is 1.80. The largest absolute Gasteiger partial charge is 0.326 e. The smallest absolute Gasteiger partial charge is 0.295 e. The summed E-state index contributed by atoms with van der Waals surface area (Å²) in [5.41, 5.74) is 5.73. The van der Waals surface area contributed by atoms with Crippen molar-refractivity contribution in [3.8, 4) is 5.69 Å². The van der Waals surface area contributed by atoms with E-state index in [9.17, 15) is 14.4 Å². The molecule has 2 amide bonds. The molecule has 2 aromatic carbocycles. The predicted octanol–water partition coefficient (Wildman–Crippen LogP) is 4.89. The minimum absolute atomic E-state index is 0.00708. The number of benzene rings is 2. The summed E-state index contributed by atoms with van der Waals surface area (Å²) >= 11 is 1.63. The van der Waals surface area contributed by atoms with Gasteiger partial charge in [-0.1, -0.05) is 35.9 Å². The number of aryl methyl sites for hydroxylation is 3. The highest BCUT2D eigenvalue weighted by atomic mass is 32.2. The number of nitrogens with one attached hydrogen (secondary N) is 2. The molecule has 0 saturated heterocycles. The van der Waals surface area contributed by atoms with Crippen molar-refractivity contribution in [1.29, 1.82) is 0 Å². The van der Waals surface area contributed by atoms with E-state index in [0.29, 0.717) is 30.0 Å². The van der Waals surface area contributed by atoms with Gasteiger partial charge in [-0.15, -0.1) is 0 Å². The lowest BCUT2D eigenvalue weighted by Crippen LogP contribution is -2.23. The third-order valence-electron chi connectivity index (χ3n) is 5.93. The van der Waals surface area contributed by atoms with Crippen LogP contribution < -0.4 is 16.2 Å². The highest BCUT2D eigenvalue weighted by Gasteiger charge is 2.18. The molecule has 2 N–H and O–H groups in total. The van der Waals surface area contributed by atoms with Gasteiger partial charge in [0.1, 0.15) is 5.69 Å². The molecule has 1 aromatic heterocycles. The molecule has 0 spiro atoms. The van der Waals surface area contributed by atoms with Gasteiger partial charge in [0.05, 0.1) is 11.4 Å². The Labute approximate surface area is 210 Å². The minimum Gasteiger partial charge on any atom is -0.326 e. The first-order chi connectivity index (χ1) is 16.7. The second-order valence-corrected chi connectivity index (χ2v) is 10.00. The number of carbonyl (C=O) groups excluding carboxylic acids is 2. The lowest BCUT2D eigenvalue weighted by atomic mass is 10.0. The third kappa shape index (κ3) is 6.66. The fourth-order valence-electron chi connectivity index (χ4n) is 4.10. The van der Waals surface area contributed by atoms with Crippen LogP contribution in [0.4, 0.5) is 11.4 Å². The number of hydrogen-bond donors (Lipinski definition) is 2. The van der Waals surface area contributed by atoms with Crippen molar-refractivity contribution in [2.24, 2.45) is 7.05 Å². The van der Waals surface area contributed by atoms with Gasteiger partial charge in [-0.05, 0) is 63.1 Å². The molecule has 0 aliphatic rings. The van der Waals surface area contributed by atoms with Gasteiger partial charge in [0, 0.05) is 31.3 Å². The third-order valence-corrected chi connectivity index (χ3v) is 7.00. The number of nitrogens with zero attached hydrogens (tertiary/aromatic N) is 2. The molecule has 7 nitrogen and oxygen atoms in total. The first-order valence-electron chi connectivity index (χ1n) is 11.8. The van der Waals surface area contributed by atoms with E-state index in [1.54, 1.807) is 28.2 Å². The van der Waals surface area contributed by atoms with E-state index in [4.69, 9.17) is 0 Å². The topological polar surface area (TPSA) is 85.1 Å². The molecule has 3 aromatic rings. The second-order valence-electron chi connectivity index (χ2n) is 8.77. The quantitative estimate of drug-likeness (QED) is 0.393. The van der Waals surface area contributed by atoms with Crippen LogP contribution in [0.5, 0.6) is 0 Å². The molecule has 0 unspecified atom stereocenters. The van der Waals surface area contributed by atoms with E-state index in [0.717, 1.165) is 34.7 Å². The van der Waals surface area contributed by atoms with Gasteiger partial charge in [0.25, 0.3) is 5.56 Å². The Morgan fingerprint density at radius 2 is 1.46 bits per heavy atom. The van der Waals surface area contributed by atoms with Crippen molar-refractivity contribution in [3.05, 3.63) is 75.2 Å². The van der Waals surface area contributed by atoms with E-state index in [1.807, 2.05) is 58.0 Å². The summed E-state index contributed by atoms with van der Waals surface area (Å²) in [6.45, 7) is 7.87. The molecule has 0 saturated carbocycles. The first-order valence-corrected chi connectivity index (χ1v) is 12.9. The van der Waals surface area contributed by atoms with Crippen LogP contribution in [0.2, 0.25) is 0 Å². The molecular weight excluding hydrogens is 460 g/mol. The number of hydrogen-bond acceptors (Lipinski definition) is 4. The monoisotopic (exact) mass is 494 g/mol. The summed E-state index contributed by atoms with van der Waals surface area (Å²) in [5.74, 6) is 1.24. The highest BCUT2D eigenvalue weighted by molar-refractivity contribution is 7.99. The Morgan fingerprint density at radius 3 is 2.11 bits per heavy atom. The maximum Gasteiger partial charge on any atom is 0.295 e. The average Bonchev–Trinajstić information content (AvgIpc) is 3.02. The van der Waals surface area contributed by atoms with Gasteiger partial charge in [0.2, 0.25) is 11.8 Å². The van der Waals surface area contributed by atoms with Crippen LogP contribution in [0, 0.1) is 27.7 Å². The van der Waals surface area contributed by atoms with Crippen LogP contribution in [-0.4, -0.2) is 32.7 Å². The number of anilines is 2. The molecule has 0 aliphatic heterocycles. The highest BCUT2D eigenvalue weighted by Crippen LogP contribution is 2.22. The van der Waals surface area contributed by atoms with Crippen molar-refractivity contribution in [1.82, 2.24) is 9.36 Å². The molecule has 0 bridgehead atoms. The molecule has 0 fully saturated rings. The summed E-state index contributed by atoms with van der Waals surface area (Å²) < 4.78 is 3.29. The number of carbonyl (C=O) groups is 2. The number of para-hydroxylation sites is 1. The summed E-state index contributed by atoms with van der Waals surface area (Å²) in [6, 6.07) is 13.5. The fourth-order valence-corrected chi connectivity index (χ4v) is 4.98. The number of rotatable bonds is 10. The lowest BCUT2D eigenvalue weighted by Gasteiger charge is -2.12. The summed E-state index contributed by atoms with van der Waals surface area (Å²) in [4.78, 5) is 37.7. The van der Waals surface area contributed by atoms with Crippen LogP contribution in [0.25, 0.3) is 5.69 Å². The number of amides is 2. The van der Waals surface area contributed by atoms with Crippen LogP contribution in [0.1, 0.15) is 41.6 Å². The normalized spacial score (nSPS) is 10.9. The second kappa shape index (κ2) is 11.9. The molecule has 8 heteroatoms. The zero-order valence-electron chi connectivity index (χ0n) is 21.1. The molecule has 35 heavy (non-hydrogen) atoms. The van der Waals surface area contributed by atoms with E-state index >= 15 is 0 Å². The van der Waals surface area contributed by atoms with Gasteiger partial charge in [0.15, 0.2) is 0 Å². The fraction of sp³-hybridized carbons (Fsp3) is 0.370. The summed E-state index contributed by atoms with van der Waals surface area (Å²) in [6.07, 6.45) is 1.48. The zero-order chi connectivity index (χ0) is 25.5. The Kier molecular flexibility index (Phi) is 8.98. The molecule has 0 atom stereocenters. The van der Waals surface area contributed by atoms with Crippen LogP contribution in [0.3, 0.4) is 0 Å². The van der Waals surface area contributed by atoms with Crippen LogP contribution in [0.15, 0.2) is 47.3 Å². The maximum absolute atomic E-state index is 12.9. The van der Waals surface area contributed by atoms with Gasteiger partial charge in [-0.25, -0.2) is 4.68 Å². The van der Waals surface area contributed by atoms with Crippen molar-refractivity contribution in [3.63, 3.8) is 0 Å². The van der Waals surface area contributed by atoms with Gasteiger partial charge >= 0.3 is 0 Å². The molecular formula is C27H34N4O3S. The van der Waals surface area contributed by atoms with Crippen molar-refractivity contribution < 1.29 is 9.59 Å². The van der Waals surface area contributed by atoms with E-state index in [1.165, 1.54) is 5.56 Å². The maximum atomic E-state index is 12.9. The molecule has 186 valence electrons. The van der Waals surface area contributed by atoms with Gasteiger partial charge in [-0.3, -0.25) is 19.1 Å². The first kappa shape index (κ1) is 26.3. The van der Waals surface area contributed by atoms with E-state index < -0.39 is 0 Å². The molecule has 0 aliphatic carbocycles. The Bertz CT molecular complexity index is 1240. The van der Waals surface area contributed by atoms with Crippen LogP contribution >= 0.6 is 11.8 Å². The molecule has 1 heterocycles. The van der Waals surface area contributed by atoms with Crippen LogP contribution in [-0.2, 0) is 16.6 Å². The molecule has 3 rings (SSSR count). The van der Waals surface area contributed by atoms with Gasteiger partial charge in [-0.2, -0.15) is 11.8 Å². The predicted molar refractivity (Wildman–Crippen MR) is 145 cm³/mol. The van der Waals surface area contributed by atoms with E-state index in [-0.39, 0.29) is 17.4 Å². The average molecular weight is 495 g/mol. The zero-order valence-corrected chi connectivity index (χ0v) is 21.9. The Hall–Kier alpha value is -3.26. The minimum atomic E-state index is -0.248.